The predicted molar refractivity (Wildman–Crippen MR) is 112 cm³/mol. The number of Topliss-reactive ketones (excluding diaryl/α,β-unsaturated/α-hetero) is 2. The molecule has 1 atom stereocenters. The lowest BCUT2D eigenvalue weighted by Gasteiger charge is -2.24. The second-order valence-electron chi connectivity index (χ2n) is 6.86. The van der Waals surface area contributed by atoms with Crippen molar-refractivity contribution in [1.82, 2.24) is 15.0 Å². The van der Waals surface area contributed by atoms with E-state index in [0.717, 1.165) is 0 Å². The number of hydrogen-bond acceptors (Lipinski definition) is 6. The Morgan fingerprint density at radius 3 is 2.37 bits per heavy atom. The summed E-state index contributed by atoms with van der Waals surface area (Å²) in [5.41, 5.74) is 2.65. The van der Waals surface area contributed by atoms with Crippen LogP contribution >= 0.6 is 0 Å². The van der Waals surface area contributed by atoms with Crippen LogP contribution < -0.4 is 4.74 Å². The van der Waals surface area contributed by atoms with Gasteiger partial charge in [-0.05, 0) is 36.4 Å². The Hall–Kier alpha value is -4.13. The first-order valence-electron chi connectivity index (χ1n) is 9.38. The van der Waals surface area contributed by atoms with Gasteiger partial charge in [-0.1, -0.05) is 41.6 Å². The molecule has 4 aromatic rings. The fraction of sp³-hybridized carbons (Fsp3) is 0.0870. The topological polar surface area (TPSA) is 86.4 Å². The van der Waals surface area contributed by atoms with Crippen LogP contribution in [-0.4, -0.2) is 39.4 Å². The average molecular weight is 396 g/mol. The highest BCUT2D eigenvalue weighted by molar-refractivity contribution is 6.54. The number of carbonyl (C=O) groups is 2. The Morgan fingerprint density at radius 2 is 1.60 bits per heavy atom. The van der Waals surface area contributed by atoms with Crippen molar-refractivity contribution < 1.29 is 14.3 Å². The standard InChI is InChI=1S/C23H16N4O3/c1-30-15-12-10-14(11-13-15)24-20-21(27-19-9-5-4-8-18(19)25-26-27)23(29)17-7-3-2-6-16(17)22(20)28/h2-13,21H,1H3. The highest BCUT2D eigenvalue weighted by Gasteiger charge is 2.41. The Kier molecular flexibility index (Phi) is 4.21. The molecule has 7 nitrogen and oxygen atoms in total. The van der Waals surface area contributed by atoms with E-state index in [0.29, 0.717) is 33.6 Å². The fourth-order valence-corrected chi connectivity index (χ4v) is 3.64. The van der Waals surface area contributed by atoms with Gasteiger partial charge in [-0.15, -0.1) is 5.10 Å². The van der Waals surface area contributed by atoms with Crippen LogP contribution in [0.4, 0.5) is 5.69 Å². The Labute approximate surface area is 171 Å². The maximum absolute atomic E-state index is 13.5. The molecule has 30 heavy (non-hydrogen) atoms. The van der Waals surface area contributed by atoms with Crippen molar-refractivity contribution in [2.24, 2.45) is 4.99 Å². The number of methoxy groups -OCH3 is 1. The van der Waals surface area contributed by atoms with E-state index in [-0.39, 0.29) is 17.3 Å². The monoisotopic (exact) mass is 396 g/mol. The summed E-state index contributed by atoms with van der Waals surface area (Å²) < 4.78 is 6.66. The maximum Gasteiger partial charge on any atom is 0.210 e. The SMILES string of the molecule is COc1ccc(N=C2C(=O)c3ccccc3C(=O)C2n2nnc3ccccc32)cc1. The van der Waals surface area contributed by atoms with Gasteiger partial charge in [0.05, 0.1) is 18.3 Å². The minimum Gasteiger partial charge on any atom is -0.497 e. The molecule has 0 radical (unpaired) electrons. The van der Waals surface area contributed by atoms with Crippen molar-refractivity contribution in [3.8, 4) is 5.75 Å². The smallest absolute Gasteiger partial charge is 0.210 e. The quantitative estimate of drug-likeness (QED) is 0.525. The predicted octanol–water partition coefficient (Wildman–Crippen LogP) is 3.83. The number of rotatable bonds is 3. The van der Waals surface area contributed by atoms with E-state index in [2.05, 4.69) is 15.3 Å². The third kappa shape index (κ3) is 2.79. The van der Waals surface area contributed by atoms with E-state index >= 15 is 0 Å². The Morgan fingerprint density at radius 1 is 0.900 bits per heavy atom. The average Bonchev–Trinajstić information content (AvgIpc) is 3.22. The summed E-state index contributed by atoms with van der Waals surface area (Å²) in [4.78, 5) is 31.4. The molecule has 1 heterocycles. The normalized spacial score (nSPS) is 17.4. The van der Waals surface area contributed by atoms with E-state index < -0.39 is 6.04 Å². The molecular weight excluding hydrogens is 380 g/mol. The molecule has 0 saturated carbocycles. The fourth-order valence-electron chi connectivity index (χ4n) is 3.64. The van der Waals surface area contributed by atoms with Crippen LogP contribution in [-0.2, 0) is 0 Å². The highest BCUT2D eigenvalue weighted by atomic mass is 16.5. The van der Waals surface area contributed by atoms with Crippen molar-refractivity contribution in [1.29, 1.82) is 0 Å². The van der Waals surface area contributed by atoms with Gasteiger partial charge in [0, 0.05) is 11.1 Å². The van der Waals surface area contributed by atoms with Gasteiger partial charge >= 0.3 is 0 Å². The molecule has 0 amide bonds. The first kappa shape index (κ1) is 17.9. The molecule has 0 spiro atoms. The minimum atomic E-state index is -0.998. The lowest BCUT2D eigenvalue weighted by atomic mass is 9.84. The van der Waals surface area contributed by atoms with Crippen molar-refractivity contribution >= 4 is 34.0 Å². The van der Waals surface area contributed by atoms with Gasteiger partial charge in [0.15, 0.2) is 11.8 Å². The first-order chi connectivity index (χ1) is 14.7. The zero-order chi connectivity index (χ0) is 20.7. The molecule has 0 fully saturated rings. The summed E-state index contributed by atoms with van der Waals surface area (Å²) in [5, 5.41) is 8.34. The third-order valence-electron chi connectivity index (χ3n) is 5.12. The molecule has 1 aromatic heterocycles. The number of aliphatic imine (C=N–C) groups is 1. The van der Waals surface area contributed by atoms with Crippen LogP contribution in [0.1, 0.15) is 26.8 Å². The number of ketones is 2. The summed E-state index contributed by atoms with van der Waals surface area (Å²) in [6.45, 7) is 0. The number of para-hydroxylation sites is 1. The minimum absolute atomic E-state index is 0.111. The van der Waals surface area contributed by atoms with Gasteiger partial charge in [-0.25, -0.2) is 9.67 Å². The maximum atomic E-state index is 13.5. The molecule has 0 N–H and O–H groups in total. The number of nitrogens with zero attached hydrogens (tertiary/aromatic N) is 4. The van der Waals surface area contributed by atoms with Crippen LogP contribution in [0, 0.1) is 0 Å². The summed E-state index contributed by atoms with van der Waals surface area (Å²) >= 11 is 0. The molecule has 1 aliphatic rings. The third-order valence-corrected chi connectivity index (χ3v) is 5.12. The molecule has 0 aliphatic heterocycles. The Balaban J connectivity index is 1.73. The summed E-state index contributed by atoms with van der Waals surface area (Å²) in [5.74, 6) is 0.132. The van der Waals surface area contributed by atoms with E-state index in [9.17, 15) is 9.59 Å². The van der Waals surface area contributed by atoms with Crippen LogP contribution in [0.25, 0.3) is 11.0 Å². The van der Waals surface area contributed by atoms with Gasteiger partial charge in [0.2, 0.25) is 5.78 Å². The number of ether oxygens (including phenoxy) is 1. The molecule has 0 bridgehead atoms. The molecule has 1 aliphatic carbocycles. The number of carbonyl (C=O) groups excluding carboxylic acids is 2. The van der Waals surface area contributed by atoms with Crippen LogP contribution in [0.5, 0.6) is 5.75 Å². The molecule has 3 aromatic carbocycles. The van der Waals surface area contributed by atoms with Crippen molar-refractivity contribution in [3.63, 3.8) is 0 Å². The molecule has 146 valence electrons. The van der Waals surface area contributed by atoms with Crippen LogP contribution in [0.2, 0.25) is 0 Å². The number of benzene rings is 3. The van der Waals surface area contributed by atoms with Gasteiger partial charge < -0.3 is 4.74 Å². The van der Waals surface area contributed by atoms with Gasteiger partial charge in [0.25, 0.3) is 0 Å². The summed E-state index contributed by atoms with van der Waals surface area (Å²) in [6.07, 6.45) is 0. The Bertz CT molecular complexity index is 1320. The van der Waals surface area contributed by atoms with Gasteiger partial charge in [-0.2, -0.15) is 0 Å². The molecular formula is C23H16N4O3. The second kappa shape index (κ2) is 7.04. The van der Waals surface area contributed by atoms with Crippen molar-refractivity contribution in [3.05, 3.63) is 83.9 Å². The first-order valence-corrected chi connectivity index (χ1v) is 9.38. The largest absolute Gasteiger partial charge is 0.497 e. The summed E-state index contributed by atoms with van der Waals surface area (Å²) in [6, 6.07) is 20.1. The summed E-state index contributed by atoms with van der Waals surface area (Å²) in [7, 11) is 1.58. The van der Waals surface area contributed by atoms with E-state index in [1.54, 1.807) is 55.6 Å². The van der Waals surface area contributed by atoms with E-state index in [1.165, 1.54) is 4.68 Å². The van der Waals surface area contributed by atoms with Crippen LogP contribution in [0.15, 0.2) is 77.8 Å². The highest BCUT2D eigenvalue weighted by Crippen LogP contribution is 2.31. The van der Waals surface area contributed by atoms with Crippen LogP contribution in [0.3, 0.4) is 0 Å². The molecule has 7 heteroatoms. The molecule has 0 saturated heterocycles. The van der Waals surface area contributed by atoms with Crippen molar-refractivity contribution in [2.75, 3.05) is 7.11 Å². The second-order valence-corrected chi connectivity index (χ2v) is 6.86. The lowest BCUT2D eigenvalue weighted by molar-refractivity contribution is 0.0919. The number of aromatic nitrogens is 3. The van der Waals surface area contributed by atoms with Gasteiger partial charge in [0.1, 0.15) is 17.0 Å². The zero-order valence-corrected chi connectivity index (χ0v) is 16.0. The van der Waals surface area contributed by atoms with E-state index in [4.69, 9.17) is 4.74 Å². The molecule has 1 unspecified atom stereocenters. The van der Waals surface area contributed by atoms with Crippen molar-refractivity contribution in [2.45, 2.75) is 6.04 Å². The van der Waals surface area contributed by atoms with Gasteiger partial charge in [-0.3, -0.25) is 9.59 Å². The number of hydrogen-bond donors (Lipinski definition) is 0. The lowest BCUT2D eigenvalue weighted by Crippen LogP contribution is -2.39. The molecule has 5 rings (SSSR count). The number of fused-ring (bicyclic) bond motifs is 2. The van der Waals surface area contributed by atoms with E-state index in [1.807, 2.05) is 24.3 Å². The zero-order valence-electron chi connectivity index (χ0n) is 16.0.